The van der Waals surface area contributed by atoms with Crippen LogP contribution in [0.4, 0.5) is 11.5 Å². The first-order valence-corrected chi connectivity index (χ1v) is 12.1. The Morgan fingerprint density at radius 2 is 1.64 bits per heavy atom. The minimum Gasteiger partial charge on any atom is -0.372 e. The van der Waals surface area contributed by atoms with Gasteiger partial charge in [0.05, 0.1) is 0 Å². The summed E-state index contributed by atoms with van der Waals surface area (Å²) in [5, 5.41) is 7.09. The van der Waals surface area contributed by atoms with Crippen molar-refractivity contribution in [2.24, 2.45) is 10.9 Å². The molecule has 0 spiro atoms. The molecule has 2 aliphatic rings. The Morgan fingerprint density at radius 1 is 0.970 bits per heavy atom. The number of nitrogens with zero attached hydrogens (tertiary/aromatic N) is 4. The molecule has 4 rings (SSSR count). The summed E-state index contributed by atoms with van der Waals surface area (Å²) in [5.74, 6) is 2.82. The van der Waals surface area contributed by atoms with Crippen molar-refractivity contribution in [1.29, 1.82) is 0 Å². The fourth-order valence-corrected chi connectivity index (χ4v) is 4.57. The largest absolute Gasteiger partial charge is 0.372 e. The van der Waals surface area contributed by atoms with Crippen LogP contribution in [0.5, 0.6) is 0 Å². The highest BCUT2D eigenvalue weighted by molar-refractivity contribution is 14.0. The third kappa shape index (κ3) is 7.22. The van der Waals surface area contributed by atoms with E-state index >= 15 is 0 Å². The molecule has 6 nitrogen and oxygen atoms in total. The lowest BCUT2D eigenvalue weighted by molar-refractivity contribution is 0.438. The maximum atomic E-state index is 4.57. The average Bonchev–Trinajstić information content (AvgIpc) is 2.83. The third-order valence-corrected chi connectivity index (χ3v) is 6.82. The molecule has 2 aromatic rings. The number of aliphatic imine (C=N–C) groups is 1. The smallest absolute Gasteiger partial charge is 0.191 e. The highest BCUT2D eigenvalue weighted by Crippen LogP contribution is 2.23. The summed E-state index contributed by atoms with van der Waals surface area (Å²) in [6.07, 6.45) is 6.71. The number of piperidine rings is 2. The Morgan fingerprint density at radius 3 is 2.24 bits per heavy atom. The number of hydrogen-bond acceptors (Lipinski definition) is 4. The maximum Gasteiger partial charge on any atom is 0.191 e. The second-order valence-corrected chi connectivity index (χ2v) is 9.36. The van der Waals surface area contributed by atoms with Crippen molar-refractivity contribution in [1.82, 2.24) is 15.6 Å². The number of aromatic nitrogens is 1. The number of pyridine rings is 1. The third-order valence-electron chi connectivity index (χ3n) is 6.82. The zero-order chi connectivity index (χ0) is 22.3. The molecule has 0 bridgehead atoms. The first-order chi connectivity index (χ1) is 15.6. The van der Waals surface area contributed by atoms with E-state index < -0.39 is 0 Å². The fraction of sp³-hybridized carbons (Fsp3) is 0.538. The van der Waals surface area contributed by atoms with E-state index in [1.54, 1.807) is 0 Å². The molecule has 0 aliphatic carbocycles. The molecule has 3 heterocycles. The molecule has 33 heavy (non-hydrogen) atoms. The SMILES string of the molecule is CN=C(NCc1ccc(N2CCC(C)CC2)cc1)NC1CCN(c2ccc(C)cn2)CC1.I. The second-order valence-electron chi connectivity index (χ2n) is 9.36. The van der Waals surface area contributed by atoms with Crippen molar-refractivity contribution in [3.63, 3.8) is 0 Å². The Bertz CT molecular complexity index is 867. The molecule has 2 fully saturated rings. The number of halogens is 1. The average molecular weight is 563 g/mol. The van der Waals surface area contributed by atoms with Crippen molar-refractivity contribution in [2.45, 2.75) is 52.1 Å². The predicted molar refractivity (Wildman–Crippen MR) is 150 cm³/mol. The van der Waals surface area contributed by atoms with Gasteiger partial charge in [-0.2, -0.15) is 0 Å². The van der Waals surface area contributed by atoms with Crippen LogP contribution in [0.25, 0.3) is 0 Å². The van der Waals surface area contributed by atoms with E-state index in [4.69, 9.17) is 0 Å². The Labute approximate surface area is 216 Å². The standard InChI is InChI=1S/C26H38N6.HI/c1-20-10-14-31(15-11-20)24-7-5-22(6-8-24)19-29-26(27-3)30-23-12-16-32(17-13-23)25-9-4-21(2)18-28-25;/h4-9,18,20,23H,10-17,19H2,1-3H3,(H2,27,29,30);1H. The summed E-state index contributed by atoms with van der Waals surface area (Å²) in [6.45, 7) is 9.60. The summed E-state index contributed by atoms with van der Waals surface area (Å²) in [5.41, 5.74) is 3.83. The van der Waals surface area contributed by atoms with Gasteiger partial charge in [0, 0.05) is 57.7 Å². The molecular weight excluding hydrogens is 523 g/mol. The summed E-state index contributed by atoms with van der Waals surface area (Å²) >= 11 is 0. The number of anilines is 2. The van der Waals surface area contributed by atoms with E-state index in [0.717, 1.165) is 50.2 Å². The van der Waals surface area contributed by atoms with Gasteiger partial charge in [-0.1, -0.05) is 25.1 Å². The minimum absolute atomic E-state index is 0. The Balaban J connectivity index is 0.00000306. The Hall–Kier alpha value is -2.03. The lowest BCUT2D eigenvalue weighted by Crippen LogP contribution is -2.48. The van der Waals surface area contributed by atoms with E-state index in [0.29, 0.717) is 6.04 Å². The van der Waals surface area contributed by atoms with Gasteiger partial charge in [-0.3, -0.25) is 4.99 Å². The fourth-order valence-electron chi connectivity index (χ4n) is 4.57. The maximum absolute atomic E-state index is 4.57. The van der Waals surface area contributed by atoms with E-state index in [1.165, 1.54) is 42.7 Å². The van der Waals surface area contributed by atoms with E-state index in [1.807, 2.05) is 13.2 Å². The second kappa shape index (κ2) is 12.4. The van der Waals surface area contributed by atoms with Crippen molar-refractivity contribution in [3.8, 4) is 0 Å². The number of benzene rings is 1. The van der Waals surface area contributed by atoms with Crippen LogP contribution in [-0.4, -0.2) is 50.2 Å². The van der Waals surface area contributed by atoms with Gasteiger partial charge >= 0.3 is 0 Å². The molecular formula is C26H39IN6. The van der Waals surface area contributed by atoms with Crippen molar-refractivity contribution >= 4 is 41.4 Å². The molecule has 0 radical (unpaired) electrons. The van der Waals surface area contributed by atoms with Crippen LogP contribution in [0.2, 0.25) is 0 Å². The summed E-state index contributed by atoms with van der Waals surface area (Å²) < 4.78 is 0. The first-order valence-electron chi connectivity index (χ1n) is 12.1. The first kappa shape index (κ1) is 25.6. The highest BCUT2D eigenvalue weighted by atomic mass is 127. The van der Waals surface area contributed by atoms with Crippen LogP contribution < -0.4 is 20.4 Å². The molecule has 180 valence electrons. The van der Waals surface area contributed by atoms with E-state index in [2.05, 4.69) is 80.7 Å². The molecule has 2 saturated heterocycles. The van der Waals surface area contributed by atoms with E-state index in [9.17, 15) is 0 Å². The molecule has 1 aromatic heterocycles. The predicted octanol–water partition coefficient (Wildman–Crippen LogP) is 4.58. The minimum atomic E-state index is 0. The summed E-state index contributed by atoms with van der Waals surface area (Å²) in [4.78, 5) is 13.9. The normalized spacial score (nSPS) is 18.1. The molecule has 0 saturated carbocycles. The van der Waals surface area contributed by atoms with Gasteiger partial charge in [-0.05, 0) is 67.9 Å². The molecule has 2 aliphatic heterocycles. The lowest BCUT2D eigenvalue weighted by Gasteiger charge is -2.34. The monoisotopic (exact) mass is 562 g/mol. The van der Waals surface area contributed by atoms with Crippen molar-refractivity contribution in [2.75, 3.05) is 43.0 Å². The number of guanidine groups is 1. The summed E-state index contributed by atoms with van der Waals surface area (Å²) in [6, 6.07) is 13.7. The van der Waals surface area contributed by atoms with Gasteiger partial charge in [-0.25, -0.2) is 4.98 Å². The van der Waals surface area contributed by atoms with E-state index in [-0.39, 0.29) is 24.0 Å². The lowest BCUT2D eigenvalue weighted by atomic mass is 9.99. The van der Waals surface area contributed by atoms with Crippen LogP contribution in [0.3, 0.4) is 0 Å². The number of rotatable bonds is 5. The van der Waals surface area contributed by atoms with Gasteiger partial charge in [-0.15, -0.1) is 24.0 Å². The number of hydrogen-bond donors (Lipinski definition) is 2. The molecule has 7 heteroatoms. The topological polar surface area (TPSA) is 55.8 Å². The number of nitrogens with one attached hydrogen (secondary N) is 2. The Kier molecular flexibility index (Phi) is 9.64. The van der Waals surface area contributed by atoms with Gasteiger partial charge in [0.2, 0.25) is 0 Å². The van der Waals surface area contributed by atoms with Gasteiger partial charge < -0.3 is 20.4 Å². The van der Waals surface area contributed by atoms with Crippen molar-refractivity contribution < 1.29 is 0 Å². The van der Waals surface area contributed by atoms with Crippen LogP contribution in [0, 0.1) is 12.8 Å². The summed E-state index contributed by atoms with van der Waals surface area (Å²) in [7, 11) is 1.85. The number of aryl methyl sites for hydroxylation is 1. The van der Waals surface area contributed by atoms with Crippen LogP contribution in [-0.2, 0) is 6.54 Å². The molecule has 1 aromatic carbocycles. The molecule has 0 unspecified atom stereocenters. The highest BCUT2D eigenvalue weighted by Gasteiger charge is 2.21. The van der Waals surface area contributed by atoms with Gasteiger partial charge in [0.25, 0.3) is 0 Å². The quantitative estimate of drug-likeness (QED) is 0.318. The van der Waals surface area contributed by atoms with Gasteiger partial charge in [0.1, 0.15) is 5.82 Å². The van der Waals surface area contributed by atoms with Crippen LogP contribution in [0.1, 0.15) is 43.7 Å². The zero-order valence-electron chi connectivity index (χ0n) is 20.3. The van der Waals surface area contributed by atoms with Crippen molar-refractivity contribution in [3.05, 3.63) is 53.7 Å². The molecule has 0 atom stereocenters. The molecule has 0 amide bonds. The molecule has 2 N–H and O–H groups in total. The van der Waals surface area contributed by atoms with Gasteiger partial charge in [0.15, 0.2) is 5.96 Å². The van der Waals surface area contributed by atoms with Crippen LogP contribution >= 0.6 is 24.0 Å². The zero-order valence-corrected chi connectivity index (χ0v) is 22.6. The van der Waals surface area contributed by atoms with Crippen LogP contribution in [0.15, 0.2) is 47.6 Å².